The van der Waals surface area contributed by atoms with Crippen LogP contribution in [0.3, 0.4) is 0 Å². The Bertz CT molecular complexity index is 647. The van der Waals surface area contributed by atoms with Crippen molar-refractivity contribution < 1.29 is 9.50 Å². The van der Waals surface area contributed by atoms with Crippen molar-refractivity contribution in [2.24, 2.45) is 0 Å². The summed E-state index contributed by atoms with van der Waals surface area (Å²) < 4.78 is 14.0. The molecule has 3 heteroatoms. The van der Waals surface area contributed by atoms with Gasteiger partial charge in [0, 0.05) is 10.6 Å². The van der Waals surface area contributed by atoms with Gasteiger partial charge in [0.15, 0.2) is 0 Å². The lowest BCUT2D eigenvalue weighted by atomic mass is 9.97. The average molecular weight is 277 g/mol. The second kappa shape index (κ2) is 5.45. The molecule has 0 bridgehead atoms. The highest BCUT2D eigenvalue weighted by atomic mass is 35.5. The third-order valence-corrected chi connectivity index (χ3v) is 3.20. The third kappa shape index (κ3) is 2.64. The van der Waals surface area contributed by atoms with E-state index in [1.807, 2.05) is 13.8 Å². The lowest BCUT2D eigenvalue weighted by Crippen LogP contribution is -1.91. The zero-order valence-electron chi connectivity index (χ0n) is 10.7. The van der Waals surface area contributed by atoms with E-state index in [1.165, 1.54) is 6.07 Å². The summed E-state index contributed by atoms with van der Waals surface area (Å²) in [6, 6.07) is 8.07. The highest BCUT2D eigenvalue weighted by molar-refractivity contribution is 6.30. The molecule has 0 saturated carbocycles. The first-order valence-corrected chi connectivity index (χ1v) is 6.33. The molecule has 0 atom stereocenters. The summed E-state index contributed by atoms with van der Waals surface area (Å²) in [5, 5.41) is 10.8. The second-order valence-corrected chi connectivity index (χ2v) is 4.76. The fourth-order valence-corrected chi connectivity index (χ4v) is 2.29. The summed E-state index contributed by atoms with van der Waals surface area (Å²) in [4.78, 5) is 0. The maximum Gasteiger partial charge on any atom is 0.134 e. The Balaban J connectivity index is 2.70. The summed E-state index contributed by atoms with van der Waals surface area (Å²) in [7, 11) is 0. The van der Waals surface area contributed by atoms with Crippen LogP contribution in [0.1, 0.15) is 18.1 Å². The number of hydrogen-bond donors (Lipinski definition) is 1. The maximum atomic E-state index is 14.0. The molecule has 0 fully saturated rings. The van der Waals surface area contributed by atoms with Crippen molar-refractivity contribution in [1.82, 2.24) is 0 Å². The van der Waals surface area contributed by atoms with Crippen molar-refractivity contribution in [2.45, 2.75) is 13.8 Å². The van der Waals surface area contributed by atoms with Crippen LogP contribution in [0.5, 0.6) is 5.75 Å². The fraction of sp³-hybridized carbons (Fsp3) is 0.125. The van der Waals surface area contributed by atoms with Gasteiger partial charge >= 0.3 is 0 Å². The normalized spacial score (nSPS) is 11.2. The van der Waals surface area contributed by atoms with Gasteiger partial charge < -0.3 is 5.11 Å². The van der Waals surface area contributed by atoms with Crippen LogP contribution < -0.4 is 0 Å². The van der Waals surface area contributed by atoms with Crippen LogP contribution in [-0.2, 0) is 0 Å². The minimum Gasteiger partial charge on any atom is -0.507 e. The van der Waals surface area contributed by atoms with Crippen molar-refractivity contribution in [1.29, 1.82) is 0 Å². The highest BCUT2D eigenvalue weighted by Crippen LogP contribution is 2.37. The molecule has 2 rings (SSSR count). The monoisotopic (exact) mass is 276 g/mol. The number of rotatable bonds is 2. The number of allylic oxidation sites excluding steroid dienone is 1. The molecule has 2 aromatic rings. The van der Waals surface area contributed by atoms with Gasteiger partial charge in [0.25, 0.3) is 0 Å². The van der Waals surface area contributed by atoms with Crippen LogP contribution in [0.2, 0.25) is 5.02 Å². The third-order valence-electron chi connectivity index (χ3n) is 2.96. The van der Waals surface area contributed by atoms with E-state index in [4.69, 9.17) is 11.6 Å². The number of phenols is 1. The number of phenolic OH excluding ortho intramolecular Hbond substituents is 1. The van der Waals surface area contributed by atoms with Crippen LogP contribution in [0, 0.1) is 12.7 Å². The van der Waals surface area contributed by atoms with Crippen LogP contribution >= 0.6 is 11.6 Å². The largest absolute Gasteiger partial charge is 0.507 e. The minimum absolute atomic E-state index is 0.0523. The Morgan fingerprint density at radius 2 is 1.95 bits per heavy atom. The average Bonchev–Trinajstić information content (AvgIpc) is 2.35. The number of halogens is 2. The minimum atomic E-state index is -0.448. The zero-order valence-corrected chi connectivity index (χ0v) is 11.5. The standard InChI is InChI=1S/C16H14ClFO/c1-3-4-11-5-8-14(18)15(16(11)19)13-7-6-12(17)9-10(13)2/h3-9,19H,1-2H3/b4-3-. The molecule has 98 valence electrons. The Labute approximate surface area is 117 Å². The van der Waals surface area contributed by atoms with E-state index in [-0.39, 0.29) is 11.3 Å². The van der Waals surface area contributed by atoms with Crippen LogP contribution in [0.25, 0.3) is 17.2 Å². The zero-order chi connectivity index (χ0) is 14.0. The molecule has 1 nitrogen and oxygen atoms in total. The lowest BCUT2D eigenvalue weighted by molar-refractivity contribution is 0.470. The highest BCUT2D eigenvalue weighted by Gasteiger charge is 2.15. The lowest BCUT2D eigenvalue weighted by Gasteiger charge is -2.12. The molecule has 0 heterocycles. The van der Waals surface area contributed by atoms with Gasteiger partial charge in [-0.15, -0.1) is 0 Å². The van der Waals surface area contributed by atoms with E-state index in [9.17, 15) is 9.50 Å². The van der Waals surface area contributed by atoms with Crippen molar-refractivity contribution >= 4 is 17.7 Å². The molecule has 0 aromatic heterocycles. The van der Waals surface area contributed by atoms with E-state index in [0.29, 0.717) is 16.1 Å². The molecule has 0 aliphatic carbocycles. The van der Waals surface area contributed by atoms with Crippen LogP contribution in [0.4, 0.5) is 4.39 Å². The molecule has 0 spiro atoms. The molecule has 0 unspecified atom stereocenters. The quantitative estimate of drug-likeness (QED) is 0.800. The summed E-state index contributed by atoms with van der Waals surface area (Å²) in [5.74, 6) is -0.500. The first-order chi connectivity index (χ1) is 9.04. The van der Waals surface area contributed by atoms with E-state index < -0.39 is 5.82 Å². The Morgan fingerprint density at radius 3 is 2.58 bits per heavy atom. The molecule has 0 aliphatic heterocycles. The molecule has 0 amide bonds. The predicted octanol–water partition coefficient (Wildman–Crippen LogP) is 5.19. The molecule has 0 aliphatic rings. The van der Waals surface area contributed by atoms with Gasteiger partial charge in [0.05, 0.1) is 5.56 Å². The molecule has 1 N–H and O–H groups in total. The molecule has 0 saturated heterocycles. The van der Waals surface area contributed by atoms with E-state index in [2.05, 4.69) is 0 Å². The number of benzene rings is 2. The van der Waals surface area contributed by atoms with Crippen LogP contribution in [-0.4, -0.2) is 5.11 Å². The maximum absolute atomic E-state index is 14.0. The van der Waals surface area contributed by atoms with Gasteiger partial charge in [-0.25, -0.2) is 4.39 Å². The van der Waals surface area contributed by atoms with Crippen molar-refractivity contribution in [3.8, 4) is 16.9 Å². The van der Waals surface area contributed by atoms with Crippen molar-refractivity contribution in [2.75, 3.05) is 0 Å². The second-order valence-electron chi connectivity index (χ2n) is 4.32. The fourth-order valence-electron chi connectivity index (χ4n) is 2.06. The summed E-state index contributed by atoms with van der Waals surface area (Å²) in [6.45, 7) is 3.68. The van der Waals surface area contributed by atoms with Gasteiger partial charge in [0.2, 0.25) is 0 Å². The molecule has 2 aromatic carbocycles. The molecule has 19 heavy (non-hydrogen) atoms. The molecule has 0 radical (unpaired) electrons. The van der Waals surface area contributed by atoms with Crippen LogP contribution in [0.15, 0.2) is 36.4 Å². The number of aryl methyl sites for hydroxylation is 1. The van der Waals surface area contributed by atoms with Crippen molar-refractivity contribution in [3.05, 3.63) is 58.4 Å². The van der Waals surface area contributed by atoms with Gasteiger partial charge in [-0.1, -0.05) is 29.8 Å². The number of aromatic hydroxyl groups is 1. The van der Waals surface area contributed by atoms with Gasteiger partial charge in [-0.3, -0.25) is 0 Å². The summed E-state index contributed by atoms with van der Waals surface area (Å²) in [6.07, 6.45) is 3.54. The predicted molar refractivity (Wildman–Crippen MR) is 78.0 cm³/mol. The van der Waals surface area contributed by atoms with Gasteiger partial charge in [-0.2, -0.15) is 0 Å². The summed E-state index contributed by atoms with van der Waals surface area (Å²) in [5.41, 5.74) is 2.27. The molecular formula is C16H14ClFO. The van der Waals surface area contributed by atoms with E-state index in [0.717, 1.165) is 5.56 Å². The Morgan fingerprint density at radius 1 is 1.21 bits per heavy atom. The first-order valence-electron chi connectivity index (χ1n) is 5.95. The SMILES string of the molecule is C/C=C\c1ccc(F)c(-c2ccc(Cl)cc2C)c1O. The smallest absolute Gasteiger partial charge is 0.134 e. The molecular weight excluding hydrogens is 263 g/mol. The van der Waals surface area contributed by atoms with Crippen molar-refractivity contribution in [3.63, 3.8) is 0 Å². The van der Waals surface area contributed by atoms with Gasteiger partial charge in [0.1, 0.15) is 11.6 Å². The number of hydrogen-bond acceptors (Lipinski definition) is 1. The summed E-state index contributed by atoms with van der Waals surface area (Å²) >= 11 is 5.90. The van der Waals surface area contributed by atoms with Gasteiger partial charge in [-0.05, 0) is 49.2 Å². The topological polar surface area (TPSA) is 20.2 Å². The Kier molecular flexibility index (Phi) is 3.91. The van der Waals surface area contributed by atoms with E-state index in [1.54, 1.807) is 36.4 Å². The van der Waals surface area contributed by atoms with E-state index >= 15 is 0 Å². The Hall–Kier alpha value is -1.80. The first kappa shape index (κ1) is 13.6.